The minimum absolute atomic E-state index is 0.00675. The number of amides is 1. The van der Waals surface area contributed by atoms with Crippen molar-refractivity contribution in [2.24, 2.45) is 0 Å². The summed E-state index contributed by atoms with van der Waals surface area (Å²) in [5, 5.41) is 2.50. The Kier molecular flexibility index (Phi) is 6.22. The van der Waals surface area contributed by atoms with Crippen LogP contribution >= 0.6 is 27.5 Å². The first-order chi connectivity index (χ1) is 16.6. The normalized spacial score (nSPS) is 19.1. The summed E-state index contributed by atoms with van der Waals surface area (Å²) in [6, 6.07) is 8.66. The first-order valence-electron chi connectivity index (χ1n) is 10.6. The molecule has 1 N–H and O–H groups in total. The predicted octanol–water partition coefficient (Wildman–Crippen LogP) is 3.85. The second-order valence-corrected chi connectivity index (χ2v) is 11.4. The molecule has 2 aliphatic rings. The Hall–Kier alpha value is -2.70. The first kappa shape index (κ1) is 24.0. The van der Waals surface area contributed by atoms with Crippen molar-refractivity contribution >= 4 is 60.2 Å². The maximum atomic E-state index is 15.1. The number of anilines is 1. The number of sulfone groups is 1. The highest BCUT2D eigenvalue weighted by molar-refractivity contribution is 9.10. The van der Waals surface area contributed by atoms with Gasteiger partial charge in [0.25, 0.3) is 0 Å². The summed E-state index contributed by atoms with van der Waals surface area (Å²) in [4.78, 5) is 22.4. The van der Waals surface area contributed by atoms with Crippen LogP contribution in [0.4, 0.5) is 15.0 Å². The van der Waals surface area contributed by atoms with Crippen molar-refractivity contribution in [1.82, 2.24) is 15.3 Å². The number of carbonyl (C=O) groups is 1. The van der Waals surface area contributed by atoms with Crippen LogP contribution in [0.25, 0.3) is 10.9 Å². The van der Waals surface area contributed by atoms with Gasteiger partial charge in [-0.25, -0.2) is 27.6 Å². The summed E-state index contributed by atoms with van der Waals surface area (Å²) in [6.45, 7) is 0.563. The second-order valence-electron chi connectivity index (χ2n) is 8.35. The second kappa shape index (κ2) is 9.07. The van der Waals surface area contributed by atoms with Crippen LogP contribution in [0.15, 0.2) is 40.0 Å². The molecule has 3 aromatic rings. The molecule has 35 heavy (non-hydrogen) atoms. The van der Waals surface area contributed by atoms with E-state index < -0.39 is 26.9 Å². The van der Waals surface area contributed by atoms with Crippen LogP contribution in [-0.4, -0.2) is 56.0 Å². The zero-order valence-electron chi connectivity index (χ0n) is 18.3. The molecule has 3 heterocycles. The fourth-order valence-corrected chi connectivity index (χ4v) is 5.37. The Labute approximate surface area is 213 Å². The molecule has 0 aliphatic carbocycles. The number of ether oxygens (including phenoxy) is 2. The van der Waals surface area contributed by atoms with Crippen LogP contribution in [0.3, 0.4) is 0 Å². The molecule has 1 saturated heterocycles. The lowest BCUT2D eigenvalue weighted by atomic mass is 10.2. The van der Waals surface area contributed by atoms with Crippen molar-refractivity contribution in [2.45, 2.75) is 30.3 Å². The van der Waals surface area contributed by atoms with Crippen molar-refractivity contribution in [3.63, 3.8) is 0 Å². The van der Waals surface area contributed by atoms with Crippen molar-refractivity contribution < 1.29 is 27.1 Å². The summed E-state index contributed by atoms with van der Waals surface area (Å²) >= 11 is 9.45. The van der Waals surface area contributed by atoms with E-state index in [0.717, 1.165) is 11.8 Å². The van der Waals surface area contributed by atoms with Crippen LogP contribution in [0.1, 0.15) is 12.0 Å². The minimum atomic E-state index is -3.86. The fraction of sp³-hybridized carbons (Fsp3) is 0.318. The number of fused-ring (bicyclic) bond motifs is 2. The van der Waals surface area contributed by atoms with Gasteiger partial charge in [-0.3, -0.25) is 0 Å². The van der Waals surface area contributed by atoms with Crippen molar-refractivity contribution in [1.29, 1.82) is 0 Å². The van der Waals surface area contributed by atoms with Gasteiger partial charge in [0, 0.05) is 12.8 Å². The van der Waals surface area contributed by atoms with E-state index in [2.05, 4.69) is 31.2 Å². The number of carbonyl (C=O) groups excluding carboxylic acids is 1. The van der Waals surface area contributed by atoms with E-state index in [1.54, 1.807) is 4.90 Å². The molecule has 13 heteroatoms. The summed E-state index contributed by atoms with van der Waals surface area (Å²) < 4.78 is 50.9. The number of benzene rings is 2. The van der Waals surface area contributed by atoms with Gasteiger partial charge in [0.05, 0.1) is 21.9 Å². The van der Waals surface area contributed by atoms with Crippen LogP contribution in [-0.2, 0) is 21.2 Å². The van der Waals surface area contributed by atoms with E-state index in [1.807, 2.05) is 30.3 Å². The third-order valence-electron chi connectivity index (χ3n) is 5.86. The number of halogens is 3. The van der Waals surface area contributed by atoms with Gasteiger partial charge >= 0.3 is 6.09 Å². The zero-order chi connectivity index (χ0) is 24.9. The monoisotopic (exact) mass is 584 g/mol. The molecule has 0 spiro atoms. The molecular formula is C22H19BrClFN4O5S. The molecular weight excluding hydrogens is 567 g/mol. The number of nitrogens with one attached hydrogen (secondary N) is 1. The maximum absolute atomic E-state index is 15.1. The molecule has 0 unspecified atom stereocenters. The summed E-state index contributed by atoms with van der Waals surface area (Å²) in [5.41, 5.74) is 0.635. The van der Waals surface area contributed by atoms with E-state index in [0.29, 0.717) is 6.42 Å². The van der Waals surface area contributed by atoms with Gasteiger partial charge in [0.1, 0.15) is 29.6 Å². The molecule has 2 atom stereocenters. The Morgan fingerprint density at radius 2 is 2.09 bits per heavy atom. The highest BCUT2D eigenvalue weighted by Gasteiger charge is 2.40. The maximum Gasteiger partial charge on any atom is 0.407 e. The van der Waals surface area contributed by atoms with Crippen LogP contribution in [0, 0.1) is 5.82 Å². The lowest BCUT2D eigenvalue weighted by molar-refractivity contribution is 0.136. The van der Waals surface area contributed by atoms with Crippen molar-refractivity contribution in [3.05, 3.63) is 51.2 Å². The minimum Gasteiger partial charge on any atom is -0.489 e. The third-order valence-corrected chi connectivity index (χ3v) is 8.04. The van der Waals surface area contributed by atoms with Gasteiger partial charge in [-0.2, -0.15) is 0 Å². The molecule has 2 aliphatic heterocycles. The zero-order valence-corrected chi connectivity index (χ0v) is 21.5. The molecule has 0 bridgehead atoms. The summed E-state index contributed by atoms with van der Waals surface area (Å²) in [5.74, 6) is -0.461. The smallest absolute Gasteiger partial charge is 0.407 e. The van der Waals surface area contributed by atoms with Gasteiger partial charge < -0.3 is 19.7 Å². The predicted molar refractivity (Wildman–Crippen MR) is 130 cm³/mol. The van der Waals surface area contributed by atoms with Crippen molar-refractivity contribution in [3.8, 4) is 5.75 Å². The average molecular weight is 586 g/mol. The van der Waals surface area contributed by atoms with Crippen molar-refractivity contribution in [2.75, 3.05) is 24.3 Å². The highest BCUT2D eigenvalue weighted by Crippen LogP contribution is 2.47. The molecule has 5 rings (SSSR count). The number of aromatic nitrogens is 2. The highest BCUT2D eigenvalue weighted by atomic mass is 79.9. The number of nitrogens with zero attached hydrogens (tertiary/aromatic N) is 3. The number of rotatable bonds is 4. The molecule has 1 amide bonds. The Balaban J connectivity index is 1.47. The molecule has 184 valence electrons. The van der Waals surface area contributed by atoms with Gasteiger partial charge in [0.15, 0.2) is 11.6 Å². The quantitative estimate of drug-likeness (QED) is 0.363. The first-order valence-corrected chi connectivity index (χ1v) is 13.6. The van der Waals surface area contributed by atoms with Crippen LogP contribution < -0.4 is 15.0 Å². The largest absolute Gasteiger partial charge is 0.489 e. The molecule has 2 aromatic carbocycles. The van der Waals surface area contributed by atoms with E-state index in [-0.39, 0.29) is 63.8 Å². The number of hydrogen-bond donors (Lipinski definition) is 1. The molecule has 0 saturated carbocycles. The van der Waals surface area contributed by atoms with E-state index >= 15 is 4.39 Å². The Morgan fingerprint density at radius 3 is 2.80 bits per heavy atom. The molecule has 0 radical (unpaired) electrons. The van der Waals surface area contributed by atoms with Gasteiger partial charge in [-0.05, 0) is 27.9 Å². The Morgan fingerprint density at radius 1 is 1.34 bits per heavy atom. The van der Waals surface area contributed by atoms with Crippen LogP contribution in [0.5, 0.6) is 5.75 Å². The standard InChI is InChI=1S/C22H19BrClFN4O5S/c1-35(31,32)21-27-18-14-19(16(24)15(23)17(18)25)33-10-13-7-12(8-29(13)20(14)28-21)26-22(30)34-9-11-5-3-2-4-6-11/h2-6,12-13H,7-10H2,1H3,(H,26,30)/t12-,13+/m1/s1. The van der Waals surface area contributed by atoms with E-state index in [4.69, 9.17) is 21.1 Å². The SMILES string of the molecule is CS(=O)(=O)c1nc2c3c(c(Cl)c(Br)c(F)c3n1)OC[C@@H]1C[C@@H](NC(=O)OCc3ccccc3)CN21. The lowest BCUT2D eigenvalue weighted by Crippen LogP contribution is -2.38. The number of hydrogen-bond acceptors (Lipinski definition) is 8. The summed E-state index contributed by atoms with van der Waals surface area (Å²) in [7, 11) is -3.86. The van der Waals surface area contributed by atoms with E-state index in [1.165, 1.54) is 0 Å². The lowest BCUT2D eigenvalue weighted by Gasteiger charge is -2.23. The fourth-order valence-electron chi connectivity index (χ4n) is 4.27. The number of alkyl carbamates (subject to hydrolysis) is 1. The van der Waals surface area contributed by atoms with Crippen LogP contribution in [0.2, 0.25) is 5.02 Å². The van der Waals surface area contributed by atoms with E-state index in [9.17, 15) is 13.2 Å². The Bertz CT molecular complexity index is 1440. The third kappa shape index (κ3) is 4.50. The molecule has 1 aromatic heterocycles. The summed E-state index contributed by atoms with van der Waals surface area (Å²) in [6.07, 6.45) is 0.836. The van der Waals surface area contributed by atoms with Gasteiger partial charge in [-0.1, -0.05) is 41.9 Å². The molecule has 1 fully saturated rings. The molecule has 9 nitrogen and oxygen atoms in total. The van der Waals surface area contributed by atoms with Gasteiger partial charge in [0.2, 0.25) is 15.0 Å². The average Bonchev–Trinajstić information content (AvgIpc) is 3.16. The van der Waals surface area contributed by atoms with Gasteiger partial charge in [-0.15, -0.1) is 0 Å². The topological polar surface area (TPSA) is 111 Å².